The average Bonchev–Trinajstić information content (AvgIpc) is 2.53. The number of nitrogens with zero attached hydrogens (tertiary/aromatic N) is 2. The van der Waals surface area contributed by atoms with E-state index in [0.29, 0.717) is 17.6 Å². The van der Waals surface area contributed by atoms with Crippen LogP contribution >= 0.6 is 11.6 Å². The number of nitrogen functional groups attached to an aromatic ring is 1. The van der Waals surface area contributed by atoms with Crippen molar-refractivity contribution in [2.45, 2.75) is 19.4 Å². The quantitative estimate of drug-likeness (QED) is 0.915. The van der Waals surface area contributed by atoms with Crippen molar-refractivity contribution in [1.29, 1.82) is 0 Å². The minimum atomic E-state index is -0.249. The van der Waals surface area contributed by atoms with Gasteiger partial charge in [0.15, 0.2) is 0 Å². The first-order valence-corrected chi connectivity index (χ1v) is 5.76. The molecule has 1 aromatic heterocycles. The number of methoxy groups -OCH3 is 1. The molecule has 0 aliphatic rings. The van der Waals surface area contributed by atoms with Crippen molar-refractivity contribution in [2.24, 2.45) is 0 Å². The number of hydrogen-bond donors (Lipinski definition) is 1. The highest BCUT2D eigenvalue weighted by Crippen LogP contribution is 2.28. The van der Waals surface area contributed by atoms with Gasteiger partial charge in [0.05, 0.1) is 23.2 Å². The summed E-state index contributed by atoms with van der Waals surface area (Å²) in [4.78, 5) is 4.32. The summed E-state index contributed by atoms with van der Waals surface area (Å²) in [6.07, 6.45) is 0. The molecule has 0 fully saturated rings. The van der Waals surface area contributed by atoms with Gasteiger partial charge in [-0.2, -0.15) is 0 Å². The second kappa shape index (κ2) is 4.20. The van der Waals surface area contributed by atoms with Crippen LogP contribution in [0.15, 0.2) is 18.2 Å². The van der Waals surface area contributed by atoms with E-state index < -0.39 is 0 Å². The predicted octanol–water partition coefficient (Wildman–Crippen LogP) is 2.65. The van der Waals surface area contributed by atoms with E-state index in [4.69, 9.17) is 22.1 Å². The third-order valence-electron chi connectivity index (χ3n) is 2.75. The van der Waals surface area contributed by atoms with E-state index >= 15 is 0 Å². The van der Waals surface area contributed by atoms with Crippen molar-refractivity contribution < 1.29 is 4.74 Å². The van der Waals surface area contributed by atoms with Gasteiger partial charge in [0, 0.05) is 12.1 Å². The molecule has 0 unspecified atom stereocenters. The highest BCUT2D eigenvalue weighted by Gasteiger charge is 2.25. The Hall–Kier alpha value is -1.26. The molecule has 5 heteroatoms. The molecule has 92 valence electrons. The molecule has 2 N–H and O–H groups in total. The standard InChI is InChI=1S/C12H16ClN3O/c1-12(2,7-17-3)16-10-5-4-8(13)6-9(10)15-11(16)14/h4-6H,7H2,1-3H3,(H2,14,15). The zero-order chi connectivity index (χ0) is 12.6. The maximum atomic E-state index is 5.97. The Labute approximate surface area is 105 Å². The second-order valence-corrected chi connectivity index (χ2v) is 5.12. The molecule has 0 amide bonds. The fraction of sp³-hybridized carbons (Fsp3) is 0.417. The van der Waals surface area contributed by atoms with Gasteiger partial charge in [-0.1, -0.05) is 11.6 Å². The number of benzene rings is 1. The Morgan fingerprint density at radius 2 is 2.18 bits per heavy atom. The van der Waals surface area contributed by atoms with Gasteiger partial charge in [-0.05, 0) is 32.0 Å². The Morgan fingerprint density at radius 1 is 1.47 bits per heavy atom. The molecule has 0 radical (unpaired) electrons. The first-order valence-electron chi connectivity index (χ1n) is 5.38. The van der Waals surface area contributed by atoms with Crippen LogP contribution in [0.2, 0.25) is 5.02 Å². The zero-order valence-corrected chi connectivity index (χ0v) is 11.0. The number of halogens is 1. The topological polar surface area (TPSA) is 53.1 Å². The number of imidazole rings is 1. The van der Waals surface area contributed by atoms with E-state index in [1.54, 1.807) is 7.11 Å². The smallest absolute Gasteiger partial charge is 0.201 e. The van der Waals surface area contributed by atoms with Crippen molar-refractivity contribution in [3.63, 3.8) is 0 Å². The fourth-order valence-corrected chi connectivity index (χ4v) is 2.29. The van der Waals surface area contributed by atoms with Gasteiger partial charge in [0.1, 0.15) is 0 Å². The molecule has 2 aromatic rings. The van der Waals surface area contributed by atoms with E-state index in [1.807, 2.05) is 22.8 Å². The lowest BCUT2D eigenvalue weighted by atomic mass is 10.1. The van der Waals surface area contributed by atoms with Crippen LogP contribution in [0.25, 0.3) is 11.0 Å². The number of anilines is 1. The molecule has 0 bridgehead atoms. The molecular weight excluding hydrogens is 238 g/mol. The predicted molar refractivity (Wildman–Crippen MR) is 70.4 cm³/mol. The summed E-state index contributed by atoms with van der Waals surface area (Å²) in [6, 6.07) is 5.58. The van der Waals surface area contributed by atoms with Crippen LogP contribution in [0.1, 0.15) is 13.8 Å². The molecule has 0 aliphatic carbocycles. The third-order valence-corrected chi connectivity index (χ3v) is 2.98. The van der Waals surface area contributed by atoms with Crippen LogP contribution in [0, 0.1) is 0 Å². The molecular formula is C12H16ClN3O. The highest BCUT2D eigenvalue weighted by atomic mass is 35.5. The Bertz CT molecular complexity index is 548. The summed E-state index contributed by atoms with van der Waals surface area (Å²) in [5, 5.41) is 0.659. The van der Waals surface area contributed by atoms with Crippen molar-refractivity contribution >= 4 is 28.6 Å². The lowest BCUT2D eigenvalue weighted by Crippen LogP contribution is -2.32. The minimum absolute atomic E-state index is 0.249. The lowest BCUT2D eigenvalue weighted by molar-refractivity contribution is 0.113. The maximum Gasteiger partial charge on any atom is 0.201 e. The van der Waals surface area contributed by atoms with Crippen LogP contribution in [-0.4, -0.2) is 23.3 Å². The lowest BCUT2D eigenvalue weighted by Gasteiger charge is -2.27. The summed E-state index contributed by atoms with van der Waals surface area (Å²) in [7, 11) is 1.67. The Kier molecular flexibility index (Phi) is 3.02. The number of ether oxygens (including phenoxy) is 1. The van der Waals surface area contributed by atoms with Gasteiger partial charge in [-0.25, -0.2) is 4.98 Å². The van der Waals surface area contributed by atoms with Crippen molar-refractivity contribution in [1.82, 2.24) is 9.55 Å². The van der Waals surface area contributed by atoms with Crippen molar-refractivity contribution in [3.8, 4) is 0 Å². The summed E-state index contributed by atoms with van der Waals surface area (Å²) >= 11 is 5.94. The molecule has 0 atom stereocenters. The Balaban J connectivity index is 2.64. The van der Waals surface area contributed by atoms with E-state index in [1.165, 1.54) is 0 Å². The van der Waals surface area contributed by atoms with Gasteiger partial charge in [-0.15, -0.1) is 0 Å². The number of nitrogens with two attached hydrogens (primary N) is 1. The van der Waals surface area contributed by atoms with E-state index in [2.05, 4.69) is 18.8 Å². The fourth-order valence-electron chi connectivity index (χ4n) is 2.13. The average molecular weight is 254 g/mol. The summed E-state index contributed by atoms with van der Waals surface area (Å²) in [6.45, 7) is 4.68. The normalized spacial score (nSPS) is 12.2. The molecule has 0 saturated carbocycles. The molecule has 17 heavy (non-hydrogen) atoms. The van der Waals surface area contributed by atoms with Gasteiger partial charge >= 0.3 is 0 Å². The van der Waals surface area contributed by atoms with Crippen LogP contribution < -0.4 is 5.73 Å². The zero-order valence-electron chi connectivity index (χ0n) is 10.2. The van der Waals surface area contributed by atoms with Gasteiger partial charge < -0.3 is 15.0 Å². The van der Waals surface area contributed by atoms with Gasteiger partial charge in [-0.3, -0.25) is 0 Å². The van der Waals surface area contributed by atoms with Crippen LogP contribution in [-0.2, 0) is 10.3 Å². The molecule has 1 heterocycles. The summed E-state index contributed by atoms with van der Waals surface area (Å²) in [5.41, 5.74) is 7.50. The first-order chi connectivity index (χ1) is 7.95. The van der Waals surface area contributed by atoms with Crippen molar-refractivity contribution in [2.75, 3.05) is 19.5 Å². The number of hydrogen-bond acceptors (Lipinski definition) is 3. The number of rotatable bonds is 3. The third kappa shape index (κ3) is 2.10. The van der Waals surface area contributed by atoms with Crippen LogP contribution in [0.4, 0.5) is 5.95 Å². The van der Waals surface area contributed by atoms with E-state index in [0.717, 1.165) is 11.0 Å². The molecule has 2 rings (SSSR count). The van der Waals surface area contributed by atoms with Crippen LogP contribution in [0.5, 0.6) is 0 Å². The number of aromatic nitrogens is 2. The largest absolute Gasteiger partial charge is 0.382 e. The van der Waals surface area contributed by atoms with E-state index in [9.17, 15) is 0 Å². The molecule has 0 saturated heterocycles. The molecule has 4 nitrogen and oxygen atoms in total. The molecule has 1 aromatic carbocycles. The second-order valence-electron chi connectivity index (χ2n) is 4.68. The van der Waals surface area contributed by atoms with Gasteiger partial charge in [0.2, 0.25) is 5.95 Å². The van der Waals surface area contributed by atoms with Crippen LogP contribution in [0.3, 0.4) is 0 Å². The SMILES string of the molecule is COCC(C)(C)n1c(N)nc2cc(Cl)ccc21. The monoisotopic (exact) mass is 253 g/mol. The maximum absolute atomic E-state index is 5.97. The van der Waals surface area contributed by atoms with Gasteiger partial charge in [0.25, 0.3) is 0 Å². The Morgan fingerprint density at radius 3 is 2.82 bits per heavy atom. The number of fused-ring (bicyclic) bond motifs is 1. The summed E-state index contributed by atoms with van der Waals surface area (Å²) in [5.74, 6) is 0.476. The summed E-state index contributed by atoms with van der Waals surface area (Å²) < 4.78 is 7.20. The molecule has 0 spiro atoms. The molecule has 0 aliphatic heterocycles. The first kappa shape index (κ1) is 12.2. The highest BCUT2D eigenvalue weighted by molar-refractivity contribution is 6.31. The minimum Gasteiger partial charge on any atom is -0.382 e. The van der Waals surface area contributed by atoms with Crippen molar-refractivity contribution in [3.05, 3.63) is 23.2 Å². The van der Waals surface area contributed by atoms with E-state index in [-0.39, 0.29) is 5.54 Å².